The van der Waals surface area contributed by atoms with E-state index in [-0.39, 0.29) is 5.92 Å². The zero-order valence-corrected chi connectivity index (χ0v) is 11.4. The largest absolute Gasteiger partial charge is 0.488 e. The van der Waals surface area contributed by atoms with Crippen LogP contribution < -0.4 is 5.32 Å². The molecule has 3 nitrogen and oxygen atoms in total. The van der Waals surface area contributed by atoms with Gasteiger partial charge in [0.05, 0.1) is 0 Å². The van der Waals surface area contributed by atoms with Crippen LogP contribution in [-0.4, -0.2) is 30.8 Å². The number of allylic oxidation sites excluding steroid dienone is 3. The molecule has 0 amide bonds. The van der Waals surface area contributed by atoms with Crippen molar-refractivity contribution in [3.05, 3.63) is 52.5 Å². The van der Waals surface area contributed by atoms with Crippen molar-refractivity contribution < 1.29 is 10.0 Å². The Morgan fingerprint density at radius 3 is 2.79 bits per heavy atom. The molecule has 3 N–H and O–H groups in total. The fraction of sp³-hybridized carbons (Fsp3) is 0.333. The minimum atomic E-state index is -1.42. The van der Waals surface area contributed by atoms with Gasteiger partial charge in [-0.15, -0.1) is 0 Å². The Morgan fingerprint density at radius 1 is 1.32 bits per heavy atom. The van der Waals surface area contributed by atoms with Gasteiger partial charge in [-0.1, -0.05) is 43.4 Å². The lowest BCUT2D eigenvalue weighted by atomic mass is 9.78. The van der Waals surface area contributed by atoms with Crippen LogP contribution in [0.2, 0.25) is 0 Å². The molecule has 0 heterocycles. The number of nitrogens with one attached hydrogen (secondary N) is 1. The molecule has 0 saturated carbocycles. The summed E-state index contributed by atoms with van der Waals surface area (Å²) < 4.78 is 0. The van der Waals surface area contributed by atoms with Gasteiger partial charge in [0.1, 0.15) is 0 Å². The molecular formula is C15H20BNO2. The molecule has 0 radical (unpaired) electrons. The van der Waals surface area contributed by atoms with Crippen LogP contribution in [0.5, 0.6) is 0 Å². The zero-order valence-electron chi connectivity index (χ0n) is 11.4. The summed E-state index contributed by atoms with van der Waals surface area (Å²) >= 11 is 0. The van der Waals surface area contributed by atoms with Crippen LogP contribution in [0.3, 0.4) is 0 Å². The van der Waals surface area contributed by atoms with Gasteiger partial charge in [0.15, 0.2) is 0 Å². The van der Waals surface area contributed by atoms with Crippen LogP contribution in [0, 0.1) is 0 Å². The van der Waals surface area contributed by atoms with Gasteiger partial charge in [0.25, 0.3) is 0 Å². The van der Waals surface area contributed by atoms with E-state index in [0.29, 0.717) is 5.47 Å². The summed E-state index contributed by atoms with van der Waals surface area (Å²) in [5.74, 6) is 0.275. The van der Waals surface area contributed by atoms with Gasteiger partial charge < -0.3 is 15.4 Å². The summed E-state index contributed by atoms with van der Waals surface area (Å²) in [6, 6.07) is 6.38. The van der Waals surface area contributed by atoms with E-state index in [1.54, 1.807) is 6.08 Å². The predicted octanol–water partition coefficient (Wildman–Crippen LogP) is 1.52. The third-order valence-corrected chi connectivity index (χ3v) is 3.50. The lowest BCUT2D eigenvalue weighted by molar-refractivity contribution is 0.421. The average Bonchev–Trinajstić information content (AvgIpc) is 2.56. The van der Waals surface area contributed by atoms with Crippen molar-refractivity contribution in [2.24, 2.45) is 0 Å². The molecule has 0 bridgehead atoms. The maximum Gasteiger partial charge on any atom is 0.488 e. The molecule has 1 aromatic carbocycles. The lowest BCUT2D eigenvalue weighted by Crippen LogP contribution is -2.13. The second-order valence-electron chi connectivity index (χ2n) is 4.98. The molecule has 0 fully saturated rings. The zero-order chi connectivity index (χ0) is 13.8. The highest BCUT2D eigenvalue weighted by Crippen LogP contribution is 2.28. The molecule has 1 aliphatic carbocycles. The first kappa shape index (κ1) is 14.1. The molecular weight excluding hydrogens is 237 g/mol. The van der Waals surface area contributed by atoms with Gasteiger partial charge in [-0.25, -0.2) is 0 Å². The molecule has 100 valence electrons. The minimum Gasteiger partial charge on any atom is -0.423 e. The fourth-order valence-corrected chi connectivity index (χ4v) is 2.32. The maximum atomic E-state index is 9.31. The third-order valence-electron chi connectivity index (χ3n) is 3.50. The second kappa shape index (κ2) is 6.19. The first-order valence-electron chi connectivity index (χ1n) is 6.65. The summed E-state index contributed by atoms with van der Waals surface area (Å²) in [7, 11) is 0.533. The van der Waals surface area contributed by atoms with Gasteiger partial charge in [-0.2, -0.15) is 0 Å². The number of fused-ring (bicyclic) bond motifs is 1. The standard InChI is InChI=1S/C15H20BNO2/c1-11-3-6-14(16(18)19)10-13-5-4-12(7-8-17-2)9-15(11)13/h3-6,9-11,17-19H,7-8H2,1-2H3. The van der Waals surface area contributed by atoms with Crippen molar-refractivity contribution >= 4 is 13.2 Å². The molecule has 4 heteroatoms. The molecule has 1 aromatic rings. The minimum absolute atomic E-state index is 0.275. The van der Waals surface area contributed by atoms with Gasteiger partial charge in [0.2, 0.25) is 0 Å². The Bertz CT molecular complexity index is 509. The van der Waals surface area contributed by atoms with E-state index in [9.17, 15) is 10.0 Å². The number of hydrogen-bond acceptors (Lipinski definition) is 3. The van der Waals surface area contributed by atoms with E-state index < -0.39 is 7.12 Å². The maximum absolute atomic E-state index is 9.31. The quantitative estimate of drug-likeness (QED) is 0.717. The van der Waals surface area contributed by atoms with Crippen LogP contribution >= 0.6 is 0 Å². The average molecular weight is 257 g/mol. The van der Waals surface area contributed by atoms with Crippen molar-refractivity contribution in [3.8, 4) is 0 Å². The van der Waals surface area contributed by atoms with Gasteiger partial charge in [-0.3, -0.25) is 0 Å². The van der Waals surface area contributed by atoms with Crippen molar-refractivity contribution in [3.63, 3.8) is 0 Å². The predicted molar refractivity (Wildman–Crippen MR) is 79.8 cm³/mol. The van der Waals surface area contributed by atoms with Crippen molar-refractivity contribution in [1.29, 1.82) is 0 Å². The number of likely N-dealkylation sites (N-methyl/N-ethyl adjacent to an activating group) is 1. The normalized spacial score (nSPS) is 17.7. The number of hydrogen-bond donors (Lipinski definition) is 3. The monoisotopic (exact) mass is 257 g/mol. The second-order valence-corrected chi connectivity index (χ2v) is 4.98. The van der Waals surface area contributed by atoms with Crippen molar-refractivity contribution in [2.75, 3.05) is 13.6 Å². The van der Waals surface area contributed by atoms with Crippen LogP contribution in [0.25, 0.3) is 6.08 Å². The molecule has 1 aliphatic rings. The van der Waals surface area contributed by atoms with Crippen molar-refractivity contribution in [2.45, 2.75) is 19.3 Å². The van der Waals surface area contributed by atoms with Crippen LogP contribution in [0.4, 0.5) is 0 Å². The molecule has 1 atom stereocenters. The number of rotatable bonds is 4. The van der Waals surface area contributed by atoms with Crippen LogP contribution in [-0.2, 0) is 6.42 Å². The summed E-state index contributed by atoms with van der Waals surface area (Å²) in [4.78, 5) is 0. The summed E-state index contributed by atoms with van der Waals surface area (Å²) in [5, 5.41) is 21.8. The Kier molecular flexibility index (Phi) is 4.58. The highest BCUT2D eigenvalue weighted by molar-refractivity contribution is 6.53. The van der Waals surface area contributed by atoms with Gasteiger partial charge in [-0.05, 0) is 48.1 Å². The SMILES string of the molecule is CNCCc1ccc2c(c1)C(C)C=CC(B(O)O)=C2. The molecule has 0 aliphatic heterocycles. The molecule has 0 spiro atoms. The Balaban J connectivity index is 2.36. The Labute approximate surface area is 114 Å². The van der Waals surface area contributed by atoms with E-state index in [1.165, 1.54) is 11.1 Å². The Hall–Kier alpha value is -1.36. The smallest absolute Gasteiger partial charge is 0.423 e. The van der Waals surface area contributed by atoms with E-state index in [0.717, 1.165) is 18.5 Å². The topological polar surface area (TPSA) is 52.5 Å². The first-order chi connectivity index (χ1) is 9.11. The van der Waals surface area contributed by atoms with Gasteiger partial charge >= 0.3 is 7.12 Å². The van der Waals surface area contributed by atoms with Crippen LogP contribution in [0.1, 0.15) is 29.5 Å². The van der Waals surface area contributed by atoms with E-state index in [4.69, 9.17) is 0 Å². The molecule has 19 heavy (non-hydrogen) atoms. The molecule has 0 saturated heterocycles. The molecule has 0 aromatic heterocycles. The Morgan fingerprint density at radius 2 is 2.11 bits per heavy atom. The molecule has 2 rings (SSSR count). The summed E-state index contributed by atoms with van der Waals surface area (Å²) in [6.45, 7) is 3.08. The van der Waals surface area contributed by atoms with Crippen molar-refractivity contribution in [1.82, 2.24) is 5.32 Å². The highest BCUT2D eigenvalue weighted by Gasteiger charge is 2.17. The van der Waals surface area contributed by atoms with E-state index >= 15 is 0 Å². The van der Waals surface area contributed by atoms with Gasteiger partial charge in [0, 0.05) is 0 Å². The third kappa shape index (κ3) is 3.35. The fourth-order valence-electron chi connectivity index (χ4n) is 2.32. The lowest BCUT2D eigenvalue weighted by Gasteiger charge is -2.12. The molecule has 1 unspecified atom stereocenters. The highest BCUT2D eigenvalue weighted by atomic mass is 16.4. The summed E-state index contributed by atoms with van der Waals surface area (Å²) in [6.07, 6.45) is 6.66. The van der Waals surface area contributed by atoms with Crippen LogP contribution in [0.15, 0.2) is 35.8 Å². The first-order valence-corrected chi connectivity index (χ1v) is 6.65. The summed E-state index contributed by atoms with van der Waals surface area (Å²) in [5.41, 5.74) is 4.14. The number of benzene rings is 1. The van der Waals surface area contributed by atoms with E-state index in [2.05, 4.69) is 30.4 Å². The van der Waals surface area contributed by atoms with E-state index in [1.807, 2.05) is 19.2 Å².